The van der Waals surface area contributed by atoms with E-state index in [1.165, 1.54) is 23.5 Å². The molecule has 0 saturated carbocycles. The second-order valence-electron chi connectivity index (χ2n) is 8.40. The van der Waals surface area contributed by atoms with Gasteiger partial charge in [-0.2, -0.15) is 0 Å². The van der Waals surface area contributed by atoms with Gasteiger partial charge >= 0.3 is 0 Å². The first-order valence-corrected chi connectivity index (χ1v) is 12.7. The molecule has 2 aromatic carbocycles. The minimum absolute atomic E-state index is 0.208. The van der Waals surface area contributed by atoms with Crippen molar-refractivity contribution < 1.29 is 18.7 Å². The van der Waals surface area contributed by atoms with Crippen LogP contribution in [0.5, 0.6) is 11.5 Å². The molecule has 0 fully saturated rings. The maximum Gasteiger partial charge on any atom is 0.270 e. The molecule has 2 aromatic heterocycles. The van der Waals surface area contributed by atoms with Crippen LogP contribution in [0.2, 0.25) is 0 Å². The highest BCUT2D eigenvalue weighted by molar-refractivity contribution is 7.09. The predicted molar refractivity (Wildman–Crippen MR) is 141 cm³/mol. The third-order valence-electron chi connectivity index (χ3n) is 5.74. The van der Waals surface area contributed by atoms with Gasteiger partial charge in [0.1, 0.15) is 28.0 Å². The van der Waals surface area contributed by atoms with Crippen molar-refractivity contribution in [3.8, 4) is 11.5 Å². The summed E-state index contributed by atoms with van der Waals surface area (Å²) in [7, 11) is 3.24. The number of nitrogens with zero attached hydrogens (tertiary/aromatic N) is 3. The van der Waals surface area contributed by atoms with Crippen LogP contribution >= 0.6 is 11.3 Å². The SMILES string of the molecule is COc1ccc(CN(Cc2ccc(F)cc2)Cc2nc(C(=O)NCCc3ccccn3)cs2)c(OC)c1. The van der Waals surface area contributed by atoms with Crippen molar-refractivity contribution in [3.05, 3.63) is 106 Å². The molecule has 0 atom stereocenters. The van der Waals surface area contributed by atoms with E-state index in [0.717, 1.165) is 27.6 Å². The molecule has 2 heterocycles. The largest absolute Gasteiger partial charge is 0.497 e. The summed E-state index contributed by atoms with van der Waals surface area (Å²) < 4.78 is 24.4. The topological polar surface area (TPSA) is 76.6 Å². The van der Waals surface area contributed by atoms with E-state index in [2.05, 4.69) is 20.2 Å². The standard InChI is InChI=1S/C28H29FN4O3S/c1-35-24-11-8-21(26(15-24)36-2)17-33(16-20-6-9-22(29)10-7-20)18-27-32-25(19-37-27)28(34)31-14-12-23-5-3-4-13-30-23/h3-11,13,15,19H,12,14,16-18H2,1-2H3,(H,31,34). The molecule has 37 heavy (non-hydrogen) atoms. The van der Waals surface area contributed by atoms with Gasteiger partial charge < -0.3 is 14.8 Å². The van der Waals surface area contributed by atoms with Gasteiger partial charge in [0.05, 0.1) is 20.8 Å². The first-order chi connectivity index (χ1) is 18.0. The van der Waals surface area contributed by atoms with E-state index < -0.39 is 0 Å². The number of hydrogen-bond acceptors (Lipinski definition) is 7. The molecule has 1 amide bonds. The van der Waals surface area contributed by atoms with Gasteiger partial charge in [-0.15, -0.1) is 11.3 Å². The van der Waals surface area contributed by atoms with E-state index in [0.29, 0.717) is 44.0 Å². The number of aromatic nitrogens is 2. The molecule has 4 rings (SSSR count). The van der Waals surface area contributed by atoms with Crippen LogP contribution in [0.15, 0.2) is 72.2 Å². The third-order valence-corrected chi connectivity index (χ3v) is 6.58. The average molecular weight is 521 g/mol. The van der Waals surface area contributed by atoms with Gasteiger partial charge in [-0.25, -0.2) is 9.37 Å². The summed E-state index contributed by atoms with van der Waals surface area (Å²) in [4.78, 5) is 23.7. The summed E-state index contributed by atoms with van der Waals surface area (Å²) in [5.41, 5.74) is 3.27. The molecule has 0 spiro atoms. The van der Waals surface area contributed by atoms with Crippen LogP contribution in [0, 0.1) is 5.82 Å². The van der Waals surface area contributed by atoms with E-state index in [4.69, 9.17) is 9.47 Å². The van der Waals surface area contributed by atoms with Crippen molar-refractivity contribution in [3.63, 3.8) is 0 Å². The molecule has 0 saturated heterocycles. The Hall–Kier alpha value is -3.82. The zero-order valence-electron chi connectivity index (χ0n) is 20.8. The molecule has 4 aromatic rings. The number of halogens is 1. The van der Waals surface area contributed by atoms with E-state index >= 15 is 0 Å². The summed E-state index contributed by atoms with van der Waals surface area (Å²) >= 11 is 1.44. The number of hydrogen-bond donors (Lipinski definition) is 1. The fraction of sp³-hybridized carbons (Fsp3) is 0.250. The Kier molecular flexibility index (Phi) is 9.18. The lowest BCUT2D eigenvalue weighted by Gasteiger charge is -2.23. The molecule has 0 bridgehead atoms. The lowest BCUT2D eigenvalue weighted by atomic mass is 10.1. The van der Waals surface area contributed by atoms with Crippen molar-refractivity contribution >= 4 is 17.2 Å². The highest BCUT2D eigenvalue weighted by Crippen LogP contribution is 2.27. The Morgan fingerprint density at radius 2 is 1.86 bits per heavy atom. The molecule has 0 radical (unpaired) electrons. The number of methoxy groups -OCH3 is 2. The third kappa shape index (κ3) is 7.58. The van der Waals surface area contributed by atoms with Crippen LogP contribution < -0.4 is 14.8 Å². The monoisotopic (exact) mass is 520 g/mol. The molecule has 0 aliphatic heterocycles. The van der Waals surface area contributed by atoms with Crippen molar-refractivity contribution in [1.82, 2.24) is 20.2 Å². The Labute approximate surface area is 219 Å². The molecule has 0 unspecified atom stereocenters. The van der Waals surface area contributed by atoms with Gasteiger partial charge in [0.25, 0.3) is 5.91 Å². The zero-order chi connectivity index (χ0) is 26.0. The number of thiazole rings is 1. The van der Waals surface area contributed by atoms with Gasteiger partial charge in [0.2, 0.25) is 0 Å². The molecule has 9 heteroatoms. The summed E-state index contributed by atoms with van der Waals surface area (Å²) in [5.74, 6) is 0.950. The number of ether oxygens (including phenoxy) is 2. The molecular weight excluding hydrogens is 491 g/mol. The minimum atomic E-state index is -0.272. The van der Waals surface area contributed by atoms with Crippen LogP contribution in [0.25, 0.3) is 0 Å². The number of nitrogens with one attached hydrogen (secondary N) is 1. The summed E-state index contributed by atoms with van der Waals surface area (Å²) in [6.45, 7) is 2.13. The van der Waals surface area contributed by atoms with Crippen molar-refractivity contribution in [2.75, 3.05) is 20.8 Å². The molecule has 7 nitrogen and oxygen atoms in total. The van der Waals surface area contributed by atoms with Crippen LogP contribution in [-0.2, 0) is 26.1 Å². The first kappa shape index (κ1) is 26.2. The highest BCUT2D eigenvalue weighted by Gasteiger charge is 2.16. The van der Waals surface area contributed by atoms with E-state index in [1.54, 1.807) is 37.9 Å². The van der Waals surface area contributed by atoms with Gasteiger partial charge in [0, 0.05) is 55.0 Å². The minimum Gasteiger partial charge on any atom is -0.497 e. The fourth-order valence-electron chi connectivity index (χ4n) is 3.86. The van der Waals surface area contributed by atoms with Crippen molar-refractivity contribution in [2.45, 2.75) is 26.1 Å². The molecule has 0 aliphatic carbocycles. The molecular formula is C28H29FN4O3S. The number of carbonyl (C=O) groups is 1. The Morgan fingerprint density at radius 3 is 2.59 bits per heavy atom. The number of amides is 1. The maximum absolute atomic E-state index is 13.5. The second kappa shape index (κ2) is 12.9. The summed E-state index contributed by atoms with van der Waals surface area (Å²) in [5, 5.41) is 5.50. The van der Waals surface area contributed by atoms with Gasteiger partial charge in [0.15, 0.2) is 0 Å². The second-order valence-corrected chi connectivity index (χ2v) is 9.35. The molecule has 0 aliphatic rings. The maximum atomic E-state index is 13.5. The van der Waals surface area contributed by atoms with Gasteiger partial charge in [-0.05, 0) is 35.9 Å². The lowest BCUT2D eigenvalue weighted by molar-refractivity contribution is 0.0949. The Morgan fingerprint density at radius 1 is 1.03 bits per heavy atom. The lowest BCUT2D eigenvalue weighted by Crippen LogP contribution is -2.26. The number of pyridine rings is 1. The first-order valence-electron chi connectivity index (χ1n) is 11.8. The summed E-state index contributed by atoms with van der Waals surface area (Å²) in [6.07, 6.45) is 2.39. The van der Waals surface area contributed by atoms with E-state index in [-0.39, 0.29) is 11.7 Å². The quantitative estimate of drug-likeness (QED) is 0.287. The van der Waals surface area contributed by atoms with E-state index in [1.807, 2.05) is 36.4 Å². The van der Waals surface area contributed by atoms with Crippen LogP contribution in [-0.4, -0.2) is 41.5 Å². The average Bonchev–Trinajstić information content (AvgIpc) is 3.39. The van der Waals surface area contributed by atoms with Crippen LogP contribution in [0.1, 0.15) is 32.3 Å². The molecule has 192 valence electrons. The smallest absolute Gasteiger partial charge is 0.270 e. The Bertz CT molecular complexity index is 1300. The number of carbonyl (C=O) groups excluding carboxylic acids is 1. The van der Waals surface area contributed by atoms with Crippen LogP contribution in [0.4, 0.5) is 4.39 Å². The van der Waals surface area contributed by atoms with Crippen LogP contribution in [0.3, 0.4) is 0 Å². The van der Waals surface area contributed by atoms with Gasteiger partial charge in [-0.1, -0.05) is 24.3 Å². The fourth-order valence-corrected chi connectivity index (χ4v) is 4.67. The van der Waals surface area contributed by atoms with Crippen molar-refractivity contribution in [1.29, 1.82) is 0 Å². The van der Waals surface area contributed by atoms with E-state index in [9.17, 15) is 9.18 Å². The number of benzene rings is 2. The highest BCUT2D eigenvalue weighted by atomic mass is 32.1. The van der Waals surface area contributed by atoms with Gasteiger partial charge in [-0.3, -0.25) is 14.7 Å². The summed E-state index contributed by atoms with van der Waals surface area (Å²) in [6, 6.07) is 17.9. The molecule has 1 N–H and O–H groups in total. The van der Waals surface area contributed by atoms with Crippen molar-refractivity contribution in [2.24, 2.45) is 0 Å². The predicted octanol–water partition coefficient (Wildman–Crippen LogP) is 4.87. The zero-order valence-corrected chi connectivity index (χ0v) is 21.6. The Balaban J connectivity index is 1.44. The normalized spacial score (nSPS) is 10.9. The number of rotatable bonds is 12.